The third-order valence-electron chi connectivity index (χ3n) is 4.76. The van der Waals surface area contributed by atoms with Crippen molar-refractivity contribution >= 4 is 0 Å². The number of hydrogen-bond donors (Lipinski definition) is 0. The minimum Gasteiger partial charge on any atom is -0.382 e. The van der Waals surface area contributed by atoms with E-state index in [1.165, 1.54) is 52.0 Å². The van der Waals surface area contributed by atoms with E-state index in [-0.39, 0.29) is 0 Å². The predicted molar refractivity (Wildman–Crippen MR) is 82.2 cm³/mol. The van der Waals surface area contributed by atoms with E-state index in [0.717, 1.165) is 33.0 Å². The van der Waals surface area contributed by atoms with Gasteiger partial charge in [-0.2, -0.15) is 0 Å². The second kappa shape index (κ2) is 8.32. The minimum absolute atomic E-state index is 0.642. The van der Waals surface area contributed by atoms with Gasteiger partial charge in [0.15, 0.2) is 0 Å². The first-order valence-corrected chi connectivity index (χ1v) is 8.38. The van der Waals surface area contributed by atoms with Crippen molar-refractivity contribution < 1.29 is 9.47 Å². The van der Waals surface area contributed by atoms with Crippen LogP contribution in [0.15, 0.2) is 0 Å². The summed E-state index contributed by atoms with van der Waals surface area (Å²) in [4.78, 5) is 5.17. The first-order chi connectivity index (χ1) is 9.78. The van der Waals surface area contributed by atoms with Gasteiger partial charge in [-0.3, -0.25) is 4.90 Å². The highest BCUT2D eigenvalue weighted by Gasteiger charge is 2.44. The summed E-state index contributed by atoms with van der Waals surface area (Å²) in [6, 6.07) is 0. The SMILES string of the molecule is CCOCCCN1CCC2(CC1)CN(CCOCC)C2. The van der Waals surface area contributed by atoms with Crippen LogP contribution in [0.3, 0.4) is 0 Å². The zero-order valence-corrected chi connectivity index (χ0v) is 13.4. The fraction of sp³-hybridized carbons (Fsp3) is 1.00. The van der Waals surface area contributed by atoms with Gasteiger partial charge < -0.3 is 14.4 Å². The molecule has 0 aromatic rings. The van der Waals surface area contributed by atoms with E-state index in [1.807, 2.05) is 0 Å². The van der Waals surface area contributed by atoms with Crippen LogP contribution in [-0.2, 0) is 9.47 Å². The van der Waals surface area contributed by atoms with Crippen LogP contribution in [-0.4, -0.2) is 75.5 Å². The molecular weight excluding hydrogens is 252 g/mol. The highest BCUT2D eigenvalue weighted by atomic mass is 16.5. The molecule has 0 saturated carbocycles. The molecule has 4 heteroatoms. The zero-order valence-electron chi connectivity index (χ0n) is 13.4. The van der Waals surface area contributed by atoms with Crippen molar-refractivity contribution in [2.75, 3.05) is 65.7 Å². The van der Waals surface area contributed by atoms with E-state index < -0.39 is 0 Å². The second-order valence-electron chi connectivity index (χ2n) is 6.30. The summed E-state index contributed by atoms with van der Waals surface area (Å²) >= 11 is 0. The van der Waals surface area contributed by atoms with Crippen LogP contribution in [0.4, 0.5) is 0 Å². The summed E-state index contributed by atoms with van der Waals surface area (Å²) < 4.78 is 10.8. The fourth-order valence-electron chi connectivity index (χ4n) is 3.50. The van der Waals surface area contributed by atoms with Crippen LogP contribution in [0.25, 0.3) is 0 Å². The minimum atomic E-state index is 0.642. The average molecular weight is 284 g/mol. The van der Waals surface area contributed by atoms with Gasteiger partial charge in [-0.25, -0.2) is 0 Å². The Bertz CT molecular complexity index is 257. The summed E-state index contributed by atoms with van der Waals surface area (Å²) in [5, 5.41) is 0. The van der Waals surface area contributed by atoms with Gasteiger partial charge in [0.25, 0.3) is 0 Å². The Balaban J connectivity index is 1.54. The van der Waals surface area contributed by atoms with Gasteiger partial charge in [0.1, 0.15) is 0 Å². The molecule has 0 bridgehead atoms. The molecule has 118 valence electrons. The van der Waals surface area contributed by atoms with Crippen molar-refractivity contribution in [2.24, 2.45) is 5.41 Å². The Kier molecular flexibility index (Phi) is 6.75. The molecule has 1 spiro atoms. The van der Waals surface area contributed by atoms with Crippen molar-refractivity contribution in [1.29, 1.82) is 0 Å². The van der Waals surface area contributed by atoms with Gasteiger partial charge in [-0.1, -0.05) is 0 Å². The Labute approximate surface area is 124 Å². The monoisotopic (exact) mass is 284 g/mol. The summed E-state index contributed by atoms with van der Waals surface area (Å²) in [6.07, 6.45) is 3.95. The van der Waals surface area contributed by atoms with Crippen LogP contribution in [0, 0.1) is 5.41 Å². The maximum Gasteiger partial charge on any atom is 0.0593 e. The Hall–Kier alpha value is -0.160. The highest BCUT2D eigenvalue weighted by Crippen LogP contribution is 2.40. The van der Waals surface area contributed by atoms with Crippen LogP contribution >= 0.6 is 0 Å². The van der Waals surface area contributed by atoms with Crippen molar-refractivity contribution in [3.05, 3.63) is 0 Å². The second-order valence-corrected chi connectivity index (χ2v) is 6.30. The molecule has 2 heterocycles. The molecule has 0 aromatic carbocycles. The van der Waals surface area contributed by atoms with Crippen molar-refractivity contribution in [3.63, 3.8) is 0 Å². The number of nitrogens with zero attached hydrogens (tertiary/aromatic N) is 2. The smallest absolute Gasteiger partial charge is 0.0593 e. The number of rotatable bonds is 9. The van der Waals surface area contributed by atoms with Gasteiger partial charge in [-0.05, 0) is 51.6 Å². The maximum atomic E-state index is 5.44. The number of hydrogen-bond acceptors (Lipinski definition) is 4. The molecule has 2 saturated heterocycles. The molecule has 2 fully saturated rings. The topological polar surface area (TPSA) is 24.9 Å². The normalized spacial score (nSPS) is 23.1. The summed E-state index contributed by atoms with van der Waals surface area (Å²) in [5.41, 5.74) is 0.642. The Morgan fingerprint density at radius 2 is 1.50 bits per heavy atom. The molecule has 0 radical (unpaired) electrons. The molecule has 0 amide bonds. The lowest BCUT2D eigenvalue weighted by molar-refractivity contribution is -0.0570. The zero-order chi connectivity index (χ0) is 14.3. The van der Waals surface area contributed by atoms with E-state index in [1.54, 1.807) is 0 Å². The van der Waals surface area contributed by atoms with Gasteiger partial charge in [0, 0.05) is 46.0 Å². The van der Waals surface area contributed by atoms with Crippen LogP contribution in [0.5, 0.6) is 0 Å². The molecule has 0 aromatic heterocycles. The first-order valence-electron chi connectivity index (χ1n) is 8.38. The van der Waals surface area contributed by atoms with Gasteiger partial charge >= 0.3 is 0 Å². The van der Waals surface area contributed by atoms with Gasteiger partial charge in [0.2, 0.25) is 0 Å². The van der Waals surface area contributed by atoms with E-state index in [0.29, 0.717) is 5.41 Å². The van der Waals surface area contributed by atoms with Crippen molar-refractivity contribution in [1.82, 2.24) is 9.80 Å². The van der Waals surface area contributed by atoms with Crippen LogP contribution in [0.2, 0.25) is 0 Å². The van der Waals surface area contributed by atoms with Gasteiger partial charge in [-0.15, -0.1) is 0 Å². The van der Waals surface area contributed by atoms with E-state index in [2.05, 4.69) is 23.6 Å². The summed E-state index contributed by atoms with van der Waals surface area (Å²) in [6.45, 7) is 15.1. The summed E-state index contributed by atoms with van der Waals surface area (Å²) in [5.74, 6) is 0. The van der Waals surface area contributed by atoms with E-state index in [9.17, 15) is 0 Å². The molecule has 0 N–H and O–H groups in total. The van der Waals surface area contributed by atoms with Gasteiger partial charge in [0.05, 0.1) is 6.61 Å². The molecule has 0 atom stereocenters. The first kappa shape index (κ1) is 16.2. The predicted octanol–water partition coefficient (Wildman–Crippen LogP) is 1.85. The number of ether oxygens (including phenoxy) is 2. The third kappa shape index (κ3) is 4.69. The van der Waals surface area contributed by atoms with Crippen molar-refractivity contribution in [3.8, 4) is 0 Å². The van der Waals surface area contributed by atoms with Crippen molar-refractivity contribution in [2.45, 2.75) is 33.1 Å². The maximum absolute atomic E-state index is 5.44. The molecule has 4 nitrogen and oxygen atoms in total. The Morgan fingerprint density at radius 1 is 0.850 bits per heavy atom. The molecule has 0 unspecified atom stereocenters. The van der Waals surface area contributed by atoms with Crippen LogP contribution in [0.1, 0.15) is 33.1 Å². The highest BCUT2D eigenvalue weighted by molar-refractivity contribution is 4.98. The molecule has 2 aliphatic heterocycles. The average Bonchev–Trinajstić information content (AvgIpc) is 2.43. The van der Waals surface area contributed by atoms with Crippen LogP contribution < -0.4 is 0 Å². The largest absolute Gasteiger partial charge is 0.382 e. The molecule has 2 rings (SSSR count). The Morgan fingerprint density at radius 3 is 2.15 bits per heavy atom. The standard InChI is InChI=1S/C16H32N2O2/c1-3-19-12-5-8-17-9-6-16(7-10-17)14-18(15-16)11-13-20-4-2/h3-15H2,1-2H3. The molecular formula is C16H32N2O2. The lowest BCUT2D eigenvalue weighted by Crippen LogP contribution is -2.60. The number of piperidine rings is 1. The number of likely N-dealkylation sites (tertiary alicyclic amines) is 2. The third-order valence-corrected chi connectivity index (χ3v) is 4.76. The quantitative estimate of drug-likeness (QED) is 0.603. The molecule has 0 aliphatic carbocycles. The molecule has 20 heavy (non-hydrogen) atoms. The fourth-order valence-corrected chi connectivity index (χ4v) is 3.50. The van der Waals surface area contributed by atoms with E-state index >= 15 is 0 Å². The van der Waals surface area contributed by atoms with E-state index in [4.69, 9.17) is 9.47 Å². The summed E-state index contributed by atoms with van der Waals surface area (Å²) in [7, 11) is 0. The lowest BCUT2D eigenvalue weighted by atomic mass is 9.72. The lowest BCUT2D eigenvalue weighted by Gasteiger charge is -2.54. The molecule has 2 aliphatic rings.